The highest BCUT2D eigenvalue weighted by atomic mass is 16.6. The van der Waals surface area contributed by atoms with Crippen LogP contribution in [0.2, 0.25) is 0 Å². The molecule has 3 N–H and O–H groups in total. The molecule has 1 aliphatic carbocycles. The molecule has 0 bridgehead atoms. The molecule has 1 amide bonds. The van der Waals surface area contributed by atoms with Crippen molar-refractivity contribution in [3.63, 3.8) is 0 Å². The number of aromatic amines is 1. The summed E-state index contributed by atoms with van der Waals surface area (Å²) in [4.78, 5) is 17.5. The maximum atomic E-state index is 12.2. The van der Waals surface area contributed by atoms with E-state index in [9.17, 15) is 4.79 Å². The largest absolute Gasteiger partial charge is 0.444 e. The lowest BCUT2D eigenvalue weighted by atomic mass is 10.0. The van der Waals surface area contributed by atoms with Gasteiger partial charge in [-0.1, -0.05) is 0 Å². The number of amides is 1. The van der Waals surface area contributed by atoms with Crippen LogP contribution in [0.25, 0.3) is 0 Å². The molecule has 5 nitrogen and oxygen atoms in total. The van der Waals surface area contributed by atoms with Gasteiger partial charge in [0, 0.05) is 11.4 Å². The van der Waals surface area contributed by atoms with E-state index < -0.39 is 5.60 Å². The van der Waals surface area contributed by atoms with E-state index in [-0.39, 0.29) is 6.09 Å². The summed E-state index contributed by atoms with van der Waals surface area (Å²) in [5, 5.41) is 0. The second-order valence-corrected chi connectivity index (χ2v) is 7.12. The van der Waals surface area contributed by atoms with Gasteiger partial charge in [-0.3, -0.25) is 4.90 Å². The van der Waals surface area contributed by atoms with Crippen molar-refractivity contribution in [1.82, 2.24) is 9.88 Å². The van der Waals surface area contributed by atoms with Gasteiger partial charge in [-0.15, -0.1) is 0 Å². The van der Waals surface area contributed by atoms with Crippen LogP contribution in [0.5, 0.6) is 0 Å². The number of aromatic nitrogens is 1. The zero-order valence-electron chi connectivity index (χ0n) is 13.2. The Bertz CT molecular complexity index is 553. The minimum absolute atomic E-state index is 0.237. The van der Waals surface area contributed by atoms with Crippen molar-refractivity contribution in [3.05, 3.63) is 22.5 Å². The quantitative estimate of drug-likeness (QED) is 0.899. The van der Waals surface area contributed by atoms with Crippen molar-refractivity contribution in [2.75, 3.05) is 6.54 Å². The third kappa shape index (κ3) is 2.93. The van der Waals surface area contributed by atoms with Gasteiger partial charge in [0.1, 0.15) is 5.60 Å². The van der Waals surface area contributed by atoms with Crippen LogP contribution in [0.3, 0.4) is 0 Å². The van der Waals surface area contributed by atoms with Gasteiger partial charge in [0.15, 0.2) is 0 Å². The van der Waals surface area contributed by atoms with E-state index in [0.717, 1.165) is 6.42 Å². The van der Waals surface area contributed by atoms with E-state index in [1.54, 1.807) is 4.90 Å². The van der Waals surface area contributed by atoms with E-state index in [1.165, 1.54) is 35.4 Å². The molecule has 0 radical (unpaired) electrons. The minimum Gasteiger partial charge on any atom is -0.444 e. The molecular formula is C16H25N3O2. The summed E-state index contributed by atoms with van der Waals surface area (Å²) in [5.74, 6) is 0.687. The summed E-state index contributed by atoms with van der Waals surface area (Å²) in [7, 11) is 0. The third-order valence-corrected chi connectivity index (χ3v) is 4.07. The van der Waals surface area contributed by atoms with Crippen LogP contribution in [0, 0.1) is 0 Å². The highest BCUT2D eigenvalue weighted by Crippen LogP contribution is 2.44. The second kappa shape index (κ2) is 5.05. The van der Waals surface area contributed by atoms with Crippen LogP contribution in [-0.2, 0) is 24.2 Å². The Hall–Kier alpha value is -1.49. The van der Waals surface area contributed by atoms with Crippen molar-refractivity contribution in [2.45, 2.75) is 64.6 Å². The number of H-pyrrole nitrogens is 1. The van der Waals surface area contributed by atoms with Gasteiger partial charge in [-0.25, -0.2) is 4.79 Å². The van der Waals surface area contributed by atoms with Crippen LogP contribution >= 0.6 is 0 Å². The molecule has 0 saturated heterocycles. The van der Waals surface area contributed by atoms with Crippen LogP contribution < -0.4 is 5.73 Å². The first-order chi connectivity index (χ1) is 9.89. The fourth-order valence-corrected chi connectivity index (χ4v) is 3.03. The van der Waals surface area contributed by atoms with Crippen molar-refractivity contribution in [1.29, 1.82) is 0 Å². The first-order valence-electron chi connectivity index (χ1n) is 7.79. The molecule has 21 heavy (non-hydrogen) atoms. The Morgan fingerprint density at radius 2 is 2.10 bits per heavy atom. The smallest absolute Gasteiger partial charge is 0.410 e. The number of ether oxygens (including phenoxy) is 1. The average Bonchev–Trinajstić information content (AvgIpc) is 3.03. The molecule has 1 aliphatic heterocycles. The summed E-state index contributed by atoms with van der Waals surface area (Å²) in [6.45, 7) is 7.59. The number of hydrogen-bond acceptors (Lipinski definition) is 3. The molecule has 2 heterocycles. The number of rotatable bonds is 3. The predicted molar refractivity (Wildman–Crippen MR) is 81.0 cm³/mol. The molecule has 1 fully saturated rings. The first-order valence-corrected chi connectivity index (χ1v) is 7.79. The van der Waals surface area contributed by atoms with Gasteiger partial charge < -0.3 is 15.5 Å². The summed E-state index contributed by atoms with van der Waals surface area (Å²) in [6, 6.07) is 0. The first kappa shape index (κ1) is 14.4. The number of nitrogens with zero attached hydrogens (tertiary/aromatic N) is 1. The lowest BCUT2D eigenvalue weighted by Gasteiger charge is -2.24. The zero-order valence-corrected chi connectivity index (χ0v) is 13.2. The molecule has 0 aromatic carbocycles. The normalized spacial score (nSPS) is 18.0. The number of carbonyl (C=O) groups excluding carboxylic acids is 1. The lowest BCUT2D eigenvalue weighted by Crippen LogP contribution is -2.33. The molecule has 3 rings (SSSR count). The Morgan fingerprint density at radius 1 is 1.38 bits per heavy atom. The maximum absolute atomic E-state index is 12.2. The van der Waals surface area contributed by atoms with Gasteiger partial charge >= 0.3 is 6.09 Å². The van der Waals surface area contributed by atoms with Crippen molar-refractivity contribution in [2.24, 2.45) is 5.73 Å². The average molecular weight is 291 g/mol. The molecule has 2 aliphatic rings. The van der Waals surface area contributed by atoms with E-state index in [1.807, 2.05) is 20.8 Å². The third-order valence-electron chi connectivity index (χ3n) is 4.07. The Morgan fingerprint density at radius 3 is 2.67 bits per heavy atom. The summed E-state index contributed by atoms with van der Waals surface area (Å²) >= 11 is 0. The molecule has 1 aromatic rings. The van der Waals surface area contributed by atoms with Gasteiger partial charge in [0.2, 0.25) is 0 Å². The molecule has 116 valence electrons. The lowest BCUT2D eigenvalue weighted by molar-refractivity contribution is 0.0240. The Labute approximate surface area is 125 Å². The molecule has 0 unspecified atom stereocenters. The minimum atomic E-state index is -0.452. The number of nitrogens with two attached hydrogens (primary N) is 1. The van der Waals surface area contributed by atoms with Gasteiger partial charge in [-0.05, 0) is 63.6 Å². The SMILES string of the molecule is CC(C)(C)OC(=O)N1Cc2[nH]c(C3CC3)c(CCN)c2C1. The van der Waals surface area contributed by atoms with Gasteiger partial charge in [-0.2, -0.15) is 0 Å². The number of fused-ring (bicyclic) bond motifs is 1. The van der Waals surface area contributed by atoms with E-state index in [2.05, 4.69) is 4.98 Å². The van der Waals surface area contributed by atoms with Crippen molar-refractivity contribution >= 4 is 6.09 Å². The molecule has 0 spiro atoms. The Balaban J connectivity index is 1.77. The number of hydrogen-bond donors (Lipinski definition) is 2. The van der Waals surface area contributed by atoms with Crippen molar-refractivity contribution in [3.8, 4) is 0 Å². The van der Waals surface area contributed by atoms with E-state index in [4.69, 9.17) is 10.5 Å². The van der Waals surface area contributed by atoms with Crippen LogP contribution in [0.4, 0.5) is 4.79 Å². The maximum Gasteiger partial charge on any atom is 0.410 e. The van der Waals surface area contributed by atoms with Gasteiger partial charge in [0.05, 0.1) is 13.1 Å². The number of nitrogens with one attached hydrogen (secondary N) is 1. The van der Waals surface area contributed by atoms with Crippen LogP contribution in [0.1, 0.15) is 62.0 Å². The van der Waals surface area contributed by atoms with Crippen LogP contribution in [0.15, 0.2) is 0 Å². The molecule has 1 saturated carbocycles. The standard InChI is InChI=1S/C16H25N3O2/c1-16(2,3)21-15(20)19-8-12-11(6-7-17)14(10-4-5-10)18-13(12)9-19/h10,18H,4-9,17H2,1-3H3. The highest BCUT2D eigenvalue weighted by molar-refractivity contribution is 5.69. The zero-order chi connectivity index (χ0) is 15.2. The molecule has 5 heteroatoms. The van der Waals surface area contributed by atoms with E-state index in [0.29, 0.717) is 25.6 Å². The van der Waals surface area contributed by atoms with E-state index >= 15 is 0 Å². The summed E-state index contributed by atoms with van der Waals surface area (Å²) < 4.78 is 5.46. The summed E-state index contributed by atoms with van der Waals surface area (Å²) in [5.41, 5.74) is 10.5. The second-order valence-electron chi connectivity index (χ2n) is 7.12. The highest BCUT2D eigenvalue weighted by Gasteiger charge is 2.35. The van der Waals surface area contributed by atoms with Crippen LogP contribution in [-0.4, -0.2) is 28.1 Å². The fourth-order valence-electron chi connectivity index (χ4n) is 3.03. The predicted octanol–water partition coefficient (Wildman–Crippen LogP) is 2.64. The Kier molecular flexibility index (Phi) is 3.48. The topological polar surface area (TPSA) is 71.3 Å². The fraction of sp³-hybridized carbons (Fsp3) is 0.688. The van der Waals surface area contributed by atoms with Gasteiger partial charge in [0.25, 0.3) is 0 Å². The number of carbonyl (C=O) groups is 1. The molecule has 0 atom stereocenters. The monoisotopic (exact) mass is 291 g/mol. The molecule has 1 aromatic heterocycles. The molecular weight excluding hydrogens is 266 g/mol. The van der Waals surface area contributed by atoms with Crippen molar-refractivity contribution < 1.29 is 9.53 Å². The summed E-state index contributed by atoms with van der Waals surface area (Å²) in [6.07, 6.45) is 3.19.